The van der Waals surface area contributed by atoms with Crippen molar-refractivity contribution in [3.05, 3.63) is 194 Å². The molecule has 0 aliphatic heterocycles. The molecule has 6 heteroatoms. The second-order valence-corrected chi connectivity index (χ2v) is 16.0. The van der Waals surface area contributed by atoms with Crippen LogP contribution >= 0.6 is 0 Å². The lowest BCUT2D eigenvalue weighted by molar-refractivity contribution is 0.668. The molecule has 6 heterocycles. The highest BCUT2D eigenvalue weighted by Crippen LogP contribution is 2.45. The molecule has 0 atom stereocenters. The number of pyridine rings is 2. The number of furan rings is 2. The predicted octanol–water partition coefficient (Wildman–Crippen LogP) is 15.0. The van der Waals surface area contributed by atoms with E-state index in [0.717, 1.165) is 111 Å². The fourth-order valence-corrected chi connectivity index (χ4v) is 10.2. The first-order valence-electron chi connectivity index (χ1n) is 20.9. The van der Waals surface area contributed by atoms with Gasteiger partial charge in [0.15, 0.2) is 0 Å². The summed E-state index contributed by atoms with van der Waals surface area (Å²) in [5.74, 6) is 1.68. The van der Waals surface area contributed by atoms with E-state index in [4.69, 9.17) is 18.8 Å². The molecule has 62 heavy (non-hydrogen) atoms. The van der Waals surface area contributed by atoms with E-state index in [2.05, 4.69) is 179 Å². The standard InChI is InChI=1S/C56H32N4O2/c1-5-21-43-37(13-1)53-33(35-19-11-27-49-55(35)39-15-3-7-25-47(39)61-49)17-9-23-45(53)59(43)51-31-29-42-41(57-51)30-32-52(58-42)60-44-22-6-2-14-38(44)54-34(18-10-24-46(54)60)36-20-12-28-50-56(36)40-16-4-8-26-48(40)62-50/h1-32H. The average Bonchev–Trinajstić information content (AvgIpc) is 4.09. The van der Waals surface area contributed by atoms with E-state index >= 15 is 0 Å². The molecule has 0 amide bonds. The third-order valence-corrected chi connectivity index (χ3v) is 12.8. The Kier molecular flexibility index (Phi) is 6.74. The molecule has 0 saturated heterocycles. The van der Waals surface area contributed by atoms with Crippen LogP contribution in [0.2, 0.25) is 0 Å². The molecule has 8 aromatic carbocycles. The highest BCUT2D eigenvalue weighted by molar-refractivity contribution is 6.22. The van der Waals surface area contributed by atoms with Gasteiger partial charge in [-0.15, -0.1) is 0 Å². The summed E-state index contributed by atoms with van der Waals surface area (Å²) in [4.78, 5) is 10.6. The van der Waals surface area contributed by atoms with E-state index in [-0.39, 0.29) is 0 Å². The van der Waals surface area contributed by atoms with Crippen LogP contribution in [-0.2, 0) is 0 Å². The van der Waals surface area contributed by atoms with Gasteiger partial charge in [-0.2, -0.15) is 0 Å². The number of fused-ring (bicyclic) bond motifs is 13. The molecule has 6 aromatic heterocycles. The van der Waals surface area contributed by atoms with Gasteiger partial charge in [0.1, 0.15) is 34.0 Å². The van der Waals surface area contributed by atoms with Crippen molar-refractivity contribution in [3.8, 4) is 33.9 Å². The summed E-state index contributed by atoms with van der Waals surface area (Å²) in [6, 6.07) is 68.1. The number of hydrogen-bond donors (Lipinski definition) is 0. The van der Waals surface area contributed by atoms with Crippen molar-refractivity contribution in [2.24, 2.45) is 0 Å². The molecule has 0 saturated carbocycles. The molecule has 14 rings (SSSR count). The SMILES string of the molecule is c1ccc2c(c1)oc1cccc(-c3cccc4c3c3ccccc3n4-c3ccc4nc(-n5c6ccccc6c6c(-c7cccc8oc9ccccc9c78)cccc65)ccc4n3)c12. The van der Waals surface area contributed by atoms with Gasteiger partial charge in [-0.05, 0) is 95.1 Å². The number of nitrogens with zero attached hydrogens (tertiary/aromatic N) is 4. The Balaban J connectivity index is 0.938. The lowest BCUT2D eigenvalue weighted by Crippen LogP contribution is -2.01. The topological polar surface area (TPSA) is 61.9 Å². The van der Waals surface area contributed by atoms with E-state index in [1.54, 1.807) is 0 Å². The van der Waals surface area contributed by atoms with Crippen molar-refractivity contribution in [3.63, 3.8) is 0 Å². The summed E-state index contributed by atoms with van der Waals surface area (Å²) in [6.07, 6.45) is 0. The Labute approximate surface area is 353 Å². The molecule has 288 valence electrons. The minimum absolute atomic E-state index is 0.822. The summed E-state index contributed by atoms with van der Waals surface area (Å²) in [5.41, 5.74) is 14.2. The molecule has 0 aliphatic carbocycles. The van der Waals surface area contributed by atoms with E-state index < -0.39 is 0 Å². The minimum Gasteiger partial charge on any atom is -0.456 e. The summed E-state index contributed by atoms with van der Waals surface area (Å²) < 4.78 is 17.2. The predicted molar refractivity (Wildman–Crippen MR) is 254 cm³/mol. The van der Waals surface area contributed by atoms with Crippen molar-refractivity contribution < 1.29 is 8.83 Å². The molecule has 0 bridgehead atoms. The summed E-state index contributed by atoms with van der Waals surface area (Å²) in [6.45, 7) is 0. The smallest absolute Gasteiger partial charge is 0.138 e. The Morgan fingerprint density at radius 1 is 0.274 bits per heavy atom. The van der Waals surface area contributed by atoms with E-state index in [1.165, 1.54) is 21.5 Å². The van der Waals surface area contributed by atoms with Gasteiger partial charge in [-0.3, -0.25) is 9.13 Å². The second kappa shape index (κ2) is 12.5. The van der Waals surface area contributed by atoms with Crippen molar-refractivity contribution in [1.29, 1.82) is 0 Å². The van der Waals surface area contributed by atoms with Crippen molar-refractivity contribution >= 4 is 98.5 Å². The molecule has 0 N–H and O–H groups in total. The van der Waals surface area contributed by atoms with Crippen LogP contribution in [0.25, 0.3) is 132 Å². The fraction of sp³-hybridized carbons (Fsp3) is 0. The maximum Gasteiger partial charge on any atom is 0.138 e. The molecule has 0 radical (unpaired) electrons. The Bertz CT molecular complexity index is 3910. The maximum atomic E-state index is 6.33. The first kappa shape index (κ1) is 33.4. The zero-order chi connectivity index (χ0) is 40.5. The largest absolute Gasteiger partial charge is 0.456 e. The molecule has 0 fully saturated rings. The number of aromatic nitrogens is 4. The van der Waals surface area contributed by atoms with Crippen molar-refractivity contribution in [1.82, 2.24) is 19.1 Å². The Hall–Kier alpha value is -8.48. The van der Waals surface area contributed by atoms with Gasteiger partial charge in [0.25, 0.3) is 0 Å². The second-order valence-electron chi connectivity index (χ2n) is 16.0. The maximum absolute atomic E-state index is 6.33. The van der Waals surface area contributed by atoms with Crippen molar-refractivity contribution in [2.45, 2.75) is 0 Å². The molecule has 0 aliphatic rings. The number of hydrogen-bond acceptors (Lipinski definition) is 4. The van der Waals surface area contributed by atoms with Crippen LogP contribution in [-0.4, -0.2) is 19.1 Å². The molecule has 0 spiro atoms. The zero-order valence-corrected chi connectivity index (χ0v) is 33.1. The third-order valence-electron chi connectivity index (χ3n) is 12.8. The van der Waals surface area contributed by atoms with Gasteiger partial charge < -0.3 is 8.83 Å². The lowest BCUT2D eigenvalue weighted by atomic mass is 9.95. The summed E-state index contributed by atoms with van der Waals surface area (Å²) in [5, 5.41) is 9.18. The number of para-hydroxylation sites is 4. The van der Waals surface area contributed by atoms with Crippen LogP contribution < -0.4 is 0 Å². The zero-order valence-electron chi connectivity index (χ0n) is 33.1. The molecular weight excluding hydrogens is 761 g/mol. The minimum atomic E-state index is 0.822. The van der Waals surface area contributed by atoms with Crippen LogP contribution in [0.1, 0.15) is 0 Å². The quantitative estimate of drug-likeness (QED) is 0.178. The molecule has 0 unspecified atom stereocenters. The fourth-order valence-electron chi connectivity index (χ4n) is 10.2. The highest BCUT2D eigenvalue weighted by atomic mass is 16.3. The van der Waals surface area contributed by atoms with Gasteiger partial charge in [0.2, 0.25) is 0 Å². The Morgan fingerprint density at radius 3 is 1.10 bits per heavy atom. The summed E-state index contributed by atoms with van der Waals surface area (Å²) >= 11 is 0. The normalized spacial score (nSPS) is 12.2. The summed E-state index contributed by atoms with van der Waals surface area (Å²) in [7, 11) is 0. The van der Waals surface area contributed by atoms with Crippen LogP contribution in [0.4, 0.5) is 0 Å². The highest BCUT2D eigenvalue weighted by Gasteiger charge is 2.22. The van der Waals surface area contributed by atoms with Gasteiger partial charge in [0, 0.05) is 43.1 Å². The van der Waals surface area contributed by atoms with Crippen LogP contribution in [0.3, 0.4) is 0 Å². The van der Waals surface area contributed by atoms with Crippen molar-refractivity contribution in [2.75, 3.05) is 0 Å². The molecule has 6 nitrogen and oxygen atoms in total. The first-order chi connectivity index (χ1) is 30.8. The van der Waals surface area contributed by atoms with Gasteiger partial charge in [-0.1, -0.05) is 121 Å². The van der Waals surface area contributed by atoms with Gasteiger partial charge >= 0.3 is 0 Å². The van der Waals surface area contributed by atoms with Crippen LogP contribution in [0, 0.1) is 0 Å². The molecular formula is C56H32N4O2. The van der Waals surface area contributed by atoms with Gasteiger partial charge in [0.05, 0.1) is 33.1 Å². The van der Waals surface area contributed by atoms with Crippen LogP contribution in [0.5, 0.6) is 0 Å². The average molecular weight is 793 g/mol. The van der Waals surface area contributed by atoms with Gasteiger partial charge in [-0.25, -0.2) is 9.97 Å². The monoisotopic (exact) mass is 792 g/mol. The van der Waals surface area contributed by atoms with E-state index in [1.807, 2.05) is 24.3 Å². The number of rotatable bonds is 4. The van der Waals surface area contributed by atoms with Crippen LogP contribution in [0.15, 0.2) is 203 Å². The Morgan fingerprint density at radius 2 is 0.629 bits per heavy atom. The first-order valence-corrected chi connectivity index (χ1v) is 20.9. The lowest BCUT2D eigenvalue weighted by Gasteiger charge is -2.11. The van der Waals surface area contributed by atoms with E-state index in [0.29, 0.717) is 0 Å². The van der Waals surface area contributed by atoms with E-state index in [9.17, 15) is 0 Å². The third kappa shape index (κ3) is 4.58. The number of benzene rings is 8. The molecule has 14 aromatic rings.